The first-order valence-electron chi connectivity index (χ1n) is 4.64. The number of halogens is 1. The molecular formula is C9H16FN. The lowest BCUT2D eigenvalue weighted by Crippen LogP contribution is -2.36. The molecule has 1 nitrogen and oxygen atoms in total. The van der Waals surface area contributed by atoms with Crippen LogP contribution in [0.2, 0.25) is 0 Å². The molecule has 2 saturated carbocycles. The van der Waals surface area contributed by atoms with Crippen LogP contribution in [0.1, 0.15) is 38.5 Å². The molecule has 0 amide bonds. The van der Waals surface area contributed by atoms with Gasteiger partial charge in [0.15, 0.2) is 0 Å². The highest BCUT2D eigenvalue weighted by Gasteiger charge is 2.46. The van der Waals surface area contributed by atoms with Crippen LogP contribution in [0, 0.1) is 5.92 Å². The molecule has 2 rings (SSSR count). The molecule has 0 bridgehead atoms. The average Bonchev–Trinajstić information content (AvgIpc) is 2.70. The minimum Gasteiger partial charge on any atom is -0.325 e. The number of rotatable bonds is 1. The smallest absolute Gasteiger partial charge is 0.100 e. The first-order chi connectivity index (χ1) is 5.21. The van der Waals surface area contributed by atoms with Gasteiger partial charge in [0.1, 0.15) is 6.17 Å². The summed E-state index contributed by atoms with van der Waals surface area (Å²) in [4.78, 5) is 0. The second-order valence-corrected chi connectivity index (χ2v) is 4.19. The SMILES string of the molecule is NC1(C2CCCC(F)C2)CC1. The van der Waals surface area contributed by atoms with E-state index >= 15 is 0 Å². The van der Waals surface area contributed by atoms with Gasteiger partial charge in [0.25, 0.3) is 0 Å². The number of hydrogen-bond acceptors (Lipinski definition) is 1. The summed E-state index contributed by atoms with van der Waals surface area (Å²) in [6.07, 6.45) is 5.41. The molecule has 2 fully saturated rings. The van der Waals surface area contributed by atoms with Gasteiger partial charge in [0, 0.05) is 5.54 Å². The van der Waals surface area contributed by atoms with Crippen molar-refractivity contribution in [1.82, 2.24) is 0 Å². The molecule has 64 valence electrons. The third-order valence-corrected chi connectivity index (χ3v) is 3.25. The molecule has 0 heterocycles. The summed E-state index contributed by atoms with van der Waals surface area (Å²) in [7, 11) is 0. The number of hydrogen-bond donors (Lipinski definition) is 1. The average molecular weight is 157 g/mol. The molecule has 0 aromatic carbocycles. The summed E-state index contributed by atoms with van der Waals surface area (Å²) in [5.74, 6) is 0.492. The summed E-state index contributed by atoms with van der Waals surface area (Å²) in [5.41, 5.74) is 6.08. The Morgan fingerprint density at radius 3 is 2.55 bits per heavy atom. The van der Waals surface area contributed by atoms with E-state index in [9.17, 15) is 4.39 Å². The fraction of sp³-hybridized carbons (Fsp3) is 1.00. The highest BCUT2D eigenvalue weighted by atomic mass is 19.1. The first kappa shape index (κ1) is 7.53. The van der Waals surface area contributed by atoms with Crippen molar-refractivity contribution in [3.8, 4) is 0 Å². The van der Waals surface area contributed by atoms with Gasteiger partial charge in [0.05, 0.1) is 0 Å². The molecule has 11 heavy (non-hydrogen) atoms. The van der Waals surface area contributed by atoms with Crippen molar-refractivity contribution in [3.05, 3.63) is 0 Å². The largest absolute Gasteiger partial charge is 0.325 e. The van der Waals surface area contributed by atoms with E-state index < -0.39 is 6.17 Å². The Hall–Kier alpha value is -0.110. The Morgan fingerprint density at radius 2 is 2.00 bits per heavy atom. The van der Waals surface area contributed by atoms with Crippen molar-refractivity contribution in [2.75, 3.05) is 0 Å². The summed E-state index contributed by atoms with van der Waals surface area (Å²) < 4.78 is 12.9. The number of nitrogens with two attached hydrogens (primary N) is 1. The van der Waals surface area contributed by atoms with E-state index in [4.69, 9.17) is 5.73 Å². The van der Waals surface area contributed by atoms with E-state index in [0.717, 1.165) is 38.5 Å². The zero-order valence-electron chi connectivity index (χ0n) is 6.85. The molecule has 0 aromatic rings. The van der Waals surface area contributed by atoms with Crippen LogP contribution in [-0.4, -0.2) is 11.7 Å². The predicted octanol–water partition coefficient (Wildman–Crippen LogP) is 2.01. The van der Waals surface area contributed by atoms with Crippen LogP contribution in [0.3, 0.4) is 0 Å². The molecule has 2 aliphatic carbocycles. The third kappa shape index (κ3) is 1.41. The van der Waals surface area contributed by atoms with E-state index in [1.807, 2.05) is 0 Å². The molecule has 0 aromatic heterocycles. The van der Waals surface area contributed by atoms with E-state index in [-0.39, 0.29) is 5.54 Å². The van der Waals surface area contributed by atoms with E-state index in [0.29, 0.717) is 5.92 Å². The molecule has 0 saturated heterocycles. The van der Waals surface area contributed by atoms with Crippen LogP contribution >= 0.6 is 0 Å². The summed E-state index contributed by atoms with van der Waals surface area (Å²) in [6.45, 7) is 0. The quantitative estimate of drug-likeness (QED) is 0.619. The van der Waals surface area contributed by atoms with E-state index in [1.54, 1.807) is 0 Å². The molecule has 0 radical (unpaired) electrons. The standard InChI is InChI=1S/C9H16FN/c10-8-3-1-2-7(6-8)9(11)4-5-9/h7-8H,1-6,11H2. The zero-order valence-corrected chi connectivity index (χ0v) is 6.85. The second-order valence-electron chi connectivity index (χ2n) is 4.19. The van der Waals surface area contributed by atoms with Gasteiger partial charge in [-0.3, -0.25) is 0 Å². The van der Waals surface area contributed by atoms with Crippen molar-refractivity contribution in [2.45, 2.75) is 50.2 Å². The number of alkyl halides is 1. The molecule has 2 heteroatoms. The second kappa shape index (κ2) is 2.44. The summed E-state index contributed by atoms with van der Waals surface area (Å²) in [6, 6.07) is 0. The lowest BCUT2D eigenvalue weighted by Gasteiger charge is -2.29. The third-order valence-electron chi connectivity index (χ3n) is 3.25. The van der Waals surface area contributed by atoms with E-state index in [2.05, 4.69) is 0 Å². The molecule has 0 aliphatic heterocycles. The van der Waals surface area contributed by atoms with E-state index in [1.165, 1.54) is 0 Å². The van der Waals surface area contributed by atoms with Gasteiger partial charge in [-0.15, -0.1) is 0 Å². The van der Waals surface area contributed by atoms with Gasteiger partial charge in [-0.1, -0.05) is 6.42 Å². The maximum atomic E-state index is 12.9. The van der Waals surface area contributed by atoms with Crippen LogP contribution in [0.5, 0.6) is 0 Å². The lowest BCUT2D eigenvalue weighted by molar-refractivity contribution is 0.173. The molecule has 0 spiro atoms. The summed E-state index contributed by atoms with van der Waals surface area (Å²) >= 11 is 0. The molecule has 2 atom stereocenters. The van der Waals surface area contributed by atoms with Crippen molar-refractivity contribution < 1.29 is 4.39 Å². The normalized spacial score (nSPS) is 42.0. The fourth-order valence-electron chi connectivity index (χ4n) is 2.20. The molecule has 2 aliphatic rings. The Bertz CT molecular complexity index is 154. The van der Waals surface area contributed by atoms with Crippen LogP contribution in [0.25, 0.3) is 0 Å². The van der Waals surface area contributed by atoms with Gasteiger partial charge < -0.3 is 5.73 Å². The fourth-order valence-corrected chi connectivity index (χ4v) is 2.20. The van der Waals surface area contributed by atoms with Crippen LogP contribution in [0.15, 0.2) is 0 Å². The Balaban J connectivity index is 1.93. The highest BCUT2D eigenvalue weighted by Crippen LogP contribution is 2.46. The minimum absolute atomic E-state index is 0.0603. The van der Waals surface area contributed by atoms with Crippen LogP contribution in [0.4, 0.5) is 4.39 Å². The monoisotopic (exact) mass is 157 g/mol. The van der Waals surface area contributed by atoms with Crippen LogP contribution in [-0.2, 0) is 0 Å². The van der Waals surface area contributed by atoms with Crippen molar-refractivity contribution in [1.29, 1.82) is 0 Å². The molecule has 2 unspecified atom stereocenters. The zero-order chi connectivity index (χ0) is 7.90. The van der Waals surface area contributed by atoms with Crippen LogP contribution < -0.4 is 5.73 Å². The van der Waals surface area contributed by atoms with Crippen molar-refractivity contribution in [3.63, 3.8) is 0 Å². The first-order valence-corrected chi connectivity index (χ1v) is 4.64. The molecular weight excluding hydrogens is 141 g/mol. The summed E-state index contributed by atoms with van der Waals surface area (Å²) in [5, 5.41) is 0. The van der Waals surface area contributed by atoms with Gasteiger partial charge in [0.2, 0.25) is 0 Å². The topological polar surface area (TPSA) is 26.0 Å². The van der Waals surface area contributed by atoms with Gasteiger partial charge in [-0.05, 0) is 38.0 Å². The highest BCUT2D eigenvalue weighted by molar-refractivity contribution is 5.05. The maximum Gasteiger partial charge on any atom is 0.100 e. The molecule has 2 N–H and O–H groups in total. The Kier molecular flexibility index (Phi) is 1.67. The lowest BCUT2D eigenvalue weighted by atomic mass is 9.82. The maximum absolute atomic E-state index is 12.9. The van der Waals surface area contributed by atoms with Gasteiger partial charge in [-0.25, -0.2) is 4.39 Å². The van der Waals surface area contributed by atoms with Gasteiger partial charge in [-0.2, -0.15) is 0 Å². The Labute approximate surface area is 67.2 Å². The minimum atomic E-state index is -0.560. The van der Waals surface area contributed by atoms with Crippen molar-refractivity contribution in [2.24, 2.45) is 11.7 Å². The van der Waals surface area contributed by atoms with Gasteiger partial charge >= 0.3 is 0 Å². The van der Waals surface area contributed by atoms with Crippen molar-refractivity contribution >= 4 is 0 Å². The Morgan fingerprint density at radius 1 is 1.27 bits per heavy atom. The predicted molar refractivity (Wildman–Crippen MR) is 43.0 cm³/mol.